The molecule has 1 heterocycles. The monoisotopic (exact) mass is 195 g/mol. The number of carbonyl (C=O) groups is 1. The number of pyridine rings is 1. The maximum Gasteiger partial charge on any atom is 0.339 e. The number of nitrogens with zero attached hydrogens (tertiary/aromatic N) is 1. The first-order chi connectivity index (χ1) is 6.56. The van der Waals surface area contributed by atoms with Crippen LogP contribution >= 0.6 is 0 Å². The number of esters is 1. The van der Waals surface area contributed by atoms with E-state index in [1.54, 1.807) is 6.07 Å². The lowest BCUT2D eigenvalue weighted by molar-refractivity contribution is -0.150. The van der Waals surface area contributed by atoms with E-state index in [4.69, 9.17) is 0 Å². The van der Waals surface area contributed by atoms with E-state index >= 15 is 0 Å². The quantitative estimate of drug-likeness (QED) is 0.712. The van der Waals surface area contributed by atoms with E-state index in [1.165, 1.54) is 13.3 Å². The van der Waals surface area contributed by atoms with E-state index in [0.717, 1.165) is 11.3 Å². The van der Waals surface area contributed by atoms with Gasteiger partial charge in [-0.1, -0.05) is 0 Å². The molecule has 0 saturated heterocycles. The van der Waals surface area contributed by atoms with Crippen LogP contribution in [0.2, 0.25) is 0 Å². The van der Waals surface area contributed by atoms with Crippen molar-refractivity contribution >= 4 is 5.97 Å². The van der Waals surface area contributed by atoms with Crippen molar-refractivity contribution in [1.82, 2.24) is 4.98 Å². The van der Waals surface area contributed by atoms with Gasteiger partial charge in [0, 0.05) is 17.5 Å². The van der Waals surface area contributed by atoms with E-state index in [2.05, 4.69) is 9.72 Å². The number of methoxy groups -OCH3 is 1. The Morgan fingerprint density at radius 1 is 1.57 bits per heavy atom. The van der Waals surface area contributed by atoms with Gasteiger partial charge in [0.25, 0.3) is 0 Å². The molecule has 0 aliphatic rings. The Labute approximate surface area is 82.5 Å². The Morgan fingerprint density at radius 3 is 2.71 bits per heavy atom. The van der Waals surface area contributed by atoms with Gasteiger partial charge in [-0.15, -0.1) is 0 Å². The minimum atomic E-state index is -1.24. The van der Waals surface area contributed by atoms with E-state index in [9.17, 15) is 9.90 Å². The SMILES string of the molecule is COC(=O)C(O)c1cnc(C)c(C)c1. The summed E-state index contributed by atoms with van der Waals surface area (Å²) in [5, 5.41) is 9.49. The number of aromatic nitrogens is 1. The van der Waals surface area contributed by atoms with Crippen LogP contribution in [0.1, 0.15) is 22.9 Å². The van der Waals surface area contributed by atoms with Crippen molar-refractivity contribution in [2.45, 2.75) is 20.0 Å². The highest BCUT2D eigenvalue weighted by atomic mass is 16.5. The zero-order valence-corrected chi connectivity index (χ0v) is 8.44. The maximum atomic E-state index is 11.0. The molecule has 0 bridgehead atoms. The van der Waals surface area contributed by atoms with E-state index in [0.29, 0.717) is 5.56 Å². The molecular formula is C10H13NO3. The number of carbonyl (C=O) groups excluding carboxylic acids is 1. The Balaban J connectivity index is 2.96. The summed E-state index contributed by atoms with van der Waals surface area (Å²) in [4.78, 5) is 15.1. The standard InChI is InChI=1S/C10H13NO3/c1-6-4-8(5-11-7(6)2)9(12)10(13)14-3/h4-5,9,12H,1-3H3. The molecule has 4 heteroatoms. The molecule has 1 unspecified atom stereocenters. The minimum Gasteiger partial charge on any atom is -0.467 e. The van der Waals surface area contributed by atoms with E-state index in [1.807, 2.05) is 13.8 Å². The fourth-order valence-corrected chi connectivity index (χ4v) is 1.06. The van der Waals surface area contributed by atoms with Crippen LogP contribution in [-0.2, 0) is 9.53 Å². The van der Waals surface area contributed by atoms with Crippen LogP contribution in [-0.4, -0.2) is 23.2 Å². The van der Waals surface area contributed by atoms with Gasteiger partial charge in [0.2, 0.25) is 0 Å². The number of aliphatic hydroxyl groups is 1. The average molecular weight is 195 g/mol. The van der Waals surface area contributed by atoms with Gasteiger partial charge >= 0.3 is 5.97 Å². The number of rotatable bonds is 2. The summed E-state index contributed by atoms with van der Waals surface area (Å²) < 4.78 is 4.42. The molecule has 0 spiro atoms. The molecule has 0 fully saturated rings. The number of ether oxygens (including phenoxy) is 1. The number of aliphatic hydroxyl groups excluding tert-OH is 1. The molecule has 14 heavy (non-hydrogen) atoms. The Hall–Kier alpha value is -1.42. The fourth-order valence-electron chi connectivity index (χ4n) is 1.06. The van der Waals surface area contributed by atoms with Gasteiger partial charge in [-0.2, -0.15) is 0 Å². The van der Waals surface area contributed by atoms with Crippen LogP contribution in [0.25, 0.3) is 0 Å². The van der Waals surface area contributed by atoms with Crippen LogP contribution in [0.3, 0.4) is 0 Å². The van der Waals surface area contributed by atoms with Crippen molar-refractivity contribution in [1.29, 1.82) is 0 Å². The van der Waals surface area contributed by atoms with E-state index in [-0.39, 0.29) is 0 Å². The van der Waals surface area contributed by atoms with Gasteiger partial charge in [-0.25, -0.2) is 4.79 Å². The Kier molecular flexibility index (Phi) is 3.19. The lowest BCUT2D eigenvalue weighted by Crippen LogP contribution is -2.14. The third kappa shape index (κ3) is 2.09. The van der Waals surface area contributed by atoms with Crippen molar-refractivity contribution in [3.05, 3.63) is 29.1 Å². The average Bonchev–Trinajstić information content (AvgIpc) is 2.20. The molecule has 0 radical (unpaired) electrons. The molecule has 1 rings (SSSR count). The van der Waals surface area contributed by atoms with Crippen molar-refractivity contribution < 1.29 is 14.6 Å². The molecule has 1 atom stereocenters. The first-order valence-electron chi connectivity index (χ1n) is 4.25. The zero-order chi connectivity index (χ0) is 10.7. The largest absolute Gasteiger partial charge is 0.467 e. The third-order valence-electron chi connectivity index (χ3n) is 2.10. The van der Waals surface area contributed by atoms with Crippen LogP contribution in [0.4, 0.5) is 0 Å². The lowest BCUT2D eigenvalue weighted by atomic mass is 10.1. The number of hydrogen-bond acceptors (Lipinski definition) is 4. The van der Waals surface area contributed by atoms with E-state index < -0.39 is 12.1 Å². The number of aryl methyl sites for hydroxylation is 2. The highest BCUT2D eigenvalue weighted by Gasteiger charge is 2.18. The molecule has 0 aromatic carbocycles. The second kappa shape index (κ2) is 4.19. The highest BCUT2D eigenvalue weighted by Crippen LogP contribution is 2.15. The summed E-state index contributed by atoms with van der Waals surface area (Å²) in [6.45, 7) is 3.74. The summed E-state index contributed by atoms with van der Waals surface area (Å²) in [5.41, 5.74) is 2.27. The first kappa shape index (κ1) is 10.7. The van der Waals surface area contributed by atoms with Gasteiger partial charge in [0.05, 0.1) is 7.11 Å². The maximum absolute atomic E-state index is 11.0. The van der Waals surface area contributed by atoms with Gasteiger partial charge in [0.15, 0.2) is 6.10 Å². The molecule has 4 nitrogen and oxygen atoms in total. The smallest absolute Gasteiger partial charge is 0.339 e. The Bertz CT molecular complexity index is 349. The number of hydrogen-bond donors (Lipinski definition) is 1. The second-order valence-corrected chi connectivity index (χ2v) is 3.10. The molecule has 1 aromatic heterocycles. The minimum absolute atomic E-state index is 0.458. The topological polar surface area (TPSA) is 59.4 Å². The summed E-state index contributed by atoms with van der Waals surface area (Å²) in [6, 6.07) is 1.73. The molecule has 0 aliphatic heterocycles. The Morgan fingerprint density at radius 2 is 2.21 bits per heavy atom. The molecule has 0 saturated carbocycles. The summed E-state index contributed by atoms with van der Waals surface area (Å²) in [5.74, 6) is -0.671. The molecule has 76 valence electrons. The van der Waals surface area contributed by atoms with Crippen LogP contribution in [0, 0.1) is 13.8 Å². The molecule has 1 N–H and O–H groups in total. The fraction of sp³-hybridized carbons (Fsp3) is 0.400. The molecule has 1 aromatic rings. The van der Waals surface area contributed by atoms with Gasteiger partial charge in [0.1, 0.15) is 0 Å². The lowest BCUT2D eigenvalue weighted by Gasteiger charge is -2.09. The molecule has 0 aliphatic carbocycles. The molecule has 0 amide bonds. The third-order valence-corrected chi connectivity index (χ3v) is 2.10. The molecular weight excluding hydrogens is 182 g/mol. The summed E-state index contributed by atoms with van der Waals surface area (Å²) in [6.07, 6.45) is 0.232. The summed E-state index contributed by atoms with van der Waals surface area (Å²) in [7, 11) is 1.24. The van der Waals surface area contributed by atoms with Crippen molar-refractivity contribution in [3.8, 4) is 0 Å². The van der Waals surface area contributed by atoms with Gasteiger partial charge in [-0.3, -0.25) is 4.98 Å². The van der Waals surface area contributed by atoms with Crippen LogP contribution in [0.15, 0.2) is 12.3 Å². The predicted octanol–water partition coefficient (Wildman–Crippen LogP) is 0.905. The highest BCUT2D eigenvalue weighted by molar-refractivity contribution is 5.75. The first-order valence-corrected chi connectivity index (χ1v) is 4.25. The normalized spacial score (nSPS) is 12.3. The van der Waals surface area contributed by atoms with Crippen LogP contribution in [0.5, 0.6) is 0 Å². The van der Waals surface area contributed by atoms with Crippen LogP contribution < -0.4 is 0 Å². The predicted molar refractivity (Wildman–Crippen MR) is 50.7 cm³/mol. The van der Waals surface area contributed by atoms with Gasteiger partial charge < -0.3 is 9.84 Å². The second-order valence-electron chi connectivity index (χ2n) is 3.10. The van der Waals surface area contributed by atoms with Crippen molar-refractivity contribution in [3.63, 3.8) is 0 Å². The summed E-state index contributed by atoms with van der Waals surface area (Å²) >= 11 is 0. The van der Waals surface area contributed by atoms with Crippen molar-refractivity contribution in [2.75, 3.05) is 7.11 Å². The zero-order valence-electron chi connectivity index (χ0n) is 8.44. The van der Waals surface area contributed by atoms with Gasteiger partial charge in [-0.05, 0) is 25.5 Å². The van der Waals surface area contributed by atoms with Crippen molar-refractivity contribution in [2.24, 2.45) is 0 Å².